The van der Waals surface area contributed by atoms with Crippen molar-refractivity contribution >= 4 is 22.7 Å². The van der Waals surface area contributed by atoms with Gasteiger partial charge in [-0.05, 0) is 37.2 Å². The number of hydrogen-bond acceptors (Lipinski definition) is 6. The number of hydrogen-bond donors (Lipinski definition) is 0. The highest BCUT2D eigenvalue weighted by atomic mass is 16.5. The number of carbonyl (C=O) groups is 2. The Morgan fingerprint density at radius 2 is 1.91 bits per heavy atom. The number of piperidine rings is 3. The van der Waals surface area contributed by atoms with Crippen molar-refractivity contribution in [3.05, 3.63) is 28.8 Å². The molecule has 1 aromatic heterocycles. The molecule has 2 amide bonds. The van der Waals surface area contributed by atoms with Gasteiger partial charge in [0, 0.05) is 38.2 Å². The molecule has 0 N–H and O–H groups in total. The molecule has 0 radical (unpaired) electrons. The Morgan fingerprint density at radius 3 is 2.69 bits per heavy atom. The average Bonchev–Trinajstić information content (AvgIpc) is 2.80. The number of aromatic nitrogens is 2. The number of methoxy groups -OCH3 is 2. The summed E-state index contributed by atoms with van der Waals surface area (Å²) in [6.07, 6.45) is 5.08. The fraction of sp³-hybridized carbons (Fsp3) is 0.565. The van der Waals surface area contributed by atoms with Crippen LogP contribution in [-0.4, -0.2) is 71.1 Å². The van der Waals surface area contributed by atoms with Crippen LogP contribution in [0.15, 0.2) is 23.3 Å². The van der Waals surface area contributed by atoms with Crippen molar-refractivity contribution < 1.29 is 19.1 Å². The van der Waals surface area contributed by atoms with Crippen molar-refractivity contribution in [3.63, 3.8) is 0 Å². The van der Waals surface area contributed by atoms with Crippen LogP contribution in [-0.2, 0) is 16.1 Å². The van der Waals surface area contributed by atoms with E-state index >= 15 is 0 Å². The van der Waals surface area contributed by atoms with Crippen LogP contribution in [0.25, 0.3) is 10.9 Å². The lowest BCUT2D eigenvalue weighted by Crippen LogP contribution is -2.61. The number of likely N-dealkylation sites (tertiary alicyclic amines) is 1. The Balaban J connectivity index is 1.36. The first-order valence-electron chi connectivity index (χ1n) is 11.2. The number of rotatable bonds is 4. The highest BCUT2D eigenvalue weighted by Gasteiger charge is 2.44. The maximum atomic E-state index is 13.1. The van der Waals surface area contributed by atoms with Gasteiger partial charge in [0.25, 0.3) is 5.56 Å². The number of amides is 2. The maximum Gasteiger partial charge on any atom is 0.261 e. The SMILES string of the molecule is COc1cc2ncn(CC(=O)N3C[C@H]4C[C@@H](C3)[C@@H]3CCCC(=O)N3C4)c(=O)c2cc1OC. The Labute approximate surface area is 185 Å². The molecule has 5 rings (SSSR count). The zero-order valence-electron chi connectivity index (χ0n) is 18.5. The summed E-state index contributed by atoms with van der Waals surface area (Å²) in [5.74, 6) is 1.74. The molecule has 32 heavy (non-hydrogen) atoms. The number of ether oxygens (including phenoxy) is 2. The van der Waals surface area contributed by atoms with Crippen LogP contribution in [0.2, 0.25) is 0 Å². The van der Waals surface area contributed by atoms with Crippen LogP contribution < -0.4 is 15.0 Å². The molecule has 4 heterocycles. The minimum absolute atomic E-state index is 0.0527. The molecule has 0 unspecified atom stereocenters. The Kier molecular flexibility index (Phi) is 5.27. The zero-order valence-corrected chi connectivity index (χ0v) is 18.5. The molecule has 9 heteroatoms. The molecule has 3 saturated heterocycles. The molecule has 1 aromatic carbocycles. The number of nitrogens with zero attached hydrogens (tertiary/aromatic N) is 4. The van der Waals surface area contributed by atoms with E-state index in [9.17, 15) is 14.4 Å². The summed E-state index contributed by atoms with van der Waals surface area (Å²) >= 11 is 0. The van der Waals surface area contributed by atoms with Crippen LogP contribution in [0.5, 0.6) is 11.5 Å². The van der Waals surface area contributed by atoms with Gasteiger partial charge >= 0.3 is 0 Å². The highest BCUT2D eigenvalue weighted by molar-refractivity contribution is 5.82. The van der Waals surface area contributed by atoms with Gasteiger partial charge in [0.1, 0.15) is 6.54 Å². The van der Waals surface area contributed by atoms with Gasteiger partial charge in [-0.1, -0.05) is 0 Å². The van der Waals surface area contributed by atoms with Gasteiger partial charge in [0.2, 0.25) is 11.8 Å². The molecule has 3 atom stereocenters. The van der Waals surface area contributed by atoms with Crippen molar-refractivity contribution in [1.82, 2.24) is 19.4 Å². The van der Waals surface area contributed by atoms with Crippen molar-refractivity contribution in [2.24, 2.45) is 11.8 Å². The monoisotopic (exact) mass is 440 g/mol. The van der Waals surface area contributed by atoms with Gasteiger partial charge in [-0.15, -0.1) is 0 Å². The second-order valence-electron chi connectivity index (χ2n) is 9.07. The van der Waals surface area contributed by atoms with Crippen LogP contribution in [0, 0.1) is 11.8 Å². The number of carbonyl (C=O) groups excluding carboxylic acids is 2. The summed E-state index contributed by atoms with van der Waals surface area (Å²) in [7, 11) is 3.04. The largest absolute Gasteiger partial charge is 0.493 e. The van der Waals surface area contributed by atoms with E-state index < -0.39 is 0 Å². The lowest BCUT2D eigenvalue weighted by molar-refractivity contribution is -0.149. The van der Waals surface area contributed by atoms with E-state index in [1.54, 1.807) is 12.1 Å². The first-order chi connectivity index (χ1) is 15.5. The van der Waals surface area contributed by atoms with E-state index in [4.69, 9.17) is 9.47 Å². The molecule has 2 aromatic rings. The third kappa shape index (κ3) is 3.49. The lowest BCUT2D eigenvalue weighted by atomic mass is 9.76. The average molecular weight is 441 g/mol. The smallest absolute Gasteiger partial charge is 0.261 e. The third-order valence-electron chi connectivity index (χ3n) is 7.17. The molecule has 2 bridgehead atoms. The number of fused-ring (bicyclic) bond motifs is 5. The van der Waals surface area contributed by atoms with E-state index in [1.165, 1.54) is 25.1 Å². The molecule has 0 spiro atoms. The molecule has 0 saturated carbocycles. The molecular formula is C23H28N4O5. The van der Waals surface area contributed by atoms with Crippen molar-refractivity contribution in [3.8, 4) is 11.5 Å². The van der Waals surface area contributed by atoms with Crippen molar-refractivity contribution in [2.75, 3.05) is 33.9 Å². The zero-order chi connectivity index (χ0) is 22.4. The normalized spacial score (nSPS) is 24.9. The summed E-state index contributed by atoms with van der Waals surface area (Å²) in [6, 6.07) is 3.51. The molecule has 170 valence electrons. The van der Waals surface area contributed by atoms with Gasteiger partial charge in [-0.2, -0.15) is 0 Å². The molecule has 3 aliphatic rings. The maximum absolute atomic E-state index is 13.1. The van der Waals surface area contributed by atoms with E-state index in [2.05, 4.69) is 9.88 Å². The van der Waals surface area contributed by atoms with Crippen LogP contribution in [0.1, 0.15) is 25.7 Å². The van der Waals surface area contributed by atoms with Crippen molar-refractivity contribution in [1.29, 1.82) is 0 Å². The molecule has 3 aliphatic heterocycles. The predicted molar refractivity (Wildman–Crippen MR) is 117 cm³/mol. The van der Waals surface area contributed by atoms with Crippen LogP contribution >= 0.6 is 0 Å². The first-order valence-corrected chi connectivity index (χ1v) is 11.2. The van der Waals surface area contributed by atoms with Gasteiger partial charge in [-0.3, -0.25) is 19.0 Å². The summed E-state index contributed by atoms with van der Waals surface area (Å²) in [6.45, 7) is 1.96. The molecule has 9 nitrogen and oxygen atoms in total. The van der Waals surface area contributed by atoms with E-state index in [-0.39, 0.29) is 30.0 Å². The van der Waals surface area contributed by atoms with Crippen LogP contribution in [0.4, 0.5) is 0 Å². The second kappa shape index (κ2) is 8.11. The van der Waals surface area contributed by atoms with E-state index in [0.717, 1.165) is 25.8 Å². The minimum atomic E-state index is -0.287. The number of benzene rings is 1. The Hall–Kier alpha value is -3.10. The molecule has 3 fully saturated rings. The standard InChI is InChI=1S/C23H28N4O5/c1-31-19-7-16-17(8-20(19)32-2)24-13-26(23(16)30)12-22(29)25-9-14-6-15(11-25)18-4-3-5-21(28)27(18)10-14/h7-8,13-15,18H,3-6,9-12H2,1-2H3/t14-,15+,18+/m1/s1. The van der Waals surface area contributed by atoms with E-state index in [0.29, 0.717) is 53.7 Å². The lowest BCUT2D eigenvalue weighted by Gasteiger charge is -2.52. The van der Waals surface area contributed by atoms with Gasteiger partial charge in [-0.25, -0.2) is 4.98 Å². The summed E-state index contributed by atoms with van der Waals surface area (Å²) < 4.78 is 11.9. The first kappa shape index (κ1) is 20.8. The summed E-state index contributed by atoms with van der Waals surface area (Å²) in [4.78, 5) is 46.8. The Bertz CT molecular complexity index is 1130. The fourth-order valence-electron chi connectivity index (χ4n) is 5.66. The predicted octanol–water partition coefficient (Wildman–Crippen LogP) is 1.27. The summed E-state index contributed by atoms with van der Waals surface area (Å²) in [5.41, 5.74) is 0.205. The fourth-order valence-corrected chi connectivity index (χ4v) is 5.66. The highest BCUT2D eigenvalue weighted by Crippen LogP contribution is 2.38. The van der Waals surface area contributed by atoms with Crippen LogP contribution in [0.3, 0.4) is 0 Å². The van der Waals surface area contributed by atoms with Crippen molar-refractivity contribution in [2.45, 2.75) is 38.3 Å². The Morgan fingerprint density at radius 1 is 1.12 bits per heavy atom. The molecule has 0 aliphatic carbocycles. The quantitative estimate of drug-likeness (QED) is 0.711. The third-order valence-corrected chi connectivity index (χ3v) is 7.17. The van der Waals surface area contributed by atoms with Gasteiger partial charge in [0.15, 0.2) is 11.5 Å². The van der Waals surface area contributed by atoms with Gasteiger partial charge < -0.3 is 19.3 Å². The minimum Gasteiger partial charge on any atom is -0.493 e. The topological polar surface area (TPSA) is 94.0 Å². The van der Waals surface area contributed by atoms with Gasteiger partial charge in [0.05, 0.1) is 31.4 Å². The van der Waals surface area contributed by atoms with E-state index in [1.807, 2.05) is 4.90 Å². The molecular weight excluding hydrogens is 412 g/mol. The summed E-state index contributed by atoms with van der Waals surface area (Å²) in [5, 5.41) is 0.379. The second-order valence-corrected chi connectivity index (χ2v) is 9.07.